The molecule has 0 saturated heterocycles. The van der Waals surface area contributed by atoms with Crippen LogP contribution < -0.4 is 5.32 Å². The number of fused-ring (bicyclic) bond motifs is 1. The number of carbonyl (C=O) groups is 1. The maximum atomic E-state index is 11.6. The average molecular weight is 247 g/mol. The lowest BCUT2D eigenvalue weighted by Crippen LogP contribution is -2.25. The summed E-state index contributed by atoms with van der Waals surface area (Å²) in [7, 11) is 0. The molecule has 1 aliphatic rings. The number of esters is 1. The van der Waals surface area contributed by atoms with Crippen molar-refractivity contribution in [2.24, 2.45) is 0 Å². The lowest BCUT2D eigenvalue weighted by atomic mass is 9.88. The Morgan fingerprint density at radius 2 is 2.33 bits per heavy atom. The van der Waals surface area contributed by atoms with Gasteiger partial charge in [-0.1, -0.05) is 25.1 Å². The van der Waals surface area contributed by atoms with E-state index in [1.807, 2.05) is 6.92 Å². The lowest BCUT2D eigenvalue weighted by Gasteiger charge is -2.23. The van der Waals surface area contributed by atoms with Crippen LogP contribution in [0.25, 0.3) is 0 Å². The minimum absolute atomic E-state index is 0.105. The Bertz CT molecular complexity index is 429. The summed E-state index contributed by atoms with van der Waals surface area (Å²) in [5, 5.41) is 3.40. The van der Waals surface area contributed by atoms with Crippen molar-refractivity contribution in [1.29, 1.82) is 0 Å². The second kappa shape index (κ2) is 6.01. The first kappa shape index (κ1) is 13.1. The van der Waals surface area contributed by atoms with E-state index in [1.165, 1.54) is 16.7 Å². The van der Waals surface area contributed by atoms with Crippen molar-refractivity contribution >= 4 is 5.97 Å². The highest BCUT2D eigenvalue weighted by molar-refractivity contribution is 5.70. The molecule has 1 N–H and O–H groups in total. The highest BCUT2D eigenvalue weighted by atomic mass is 16.5. The Kier molecular flexibility index (Phi) is 4.37. The van der Waals surface area contributed by atoms with Crippen LogP contribution in [-0.4, -0.2) is 19.1 Å². The Labute approximate surface area is 109 Å². The summed E-state index contributed by atoms with van der Waals surface area (Å²) in [6, 6.07) is 6.42. The fourth-order valence-electron chi connectivity index (χ4n) is 2.58. The van der Waals surface area contributed by atoms with Gasteiger partial charge < -0.3 is 10.1 Å². The molecule has 0 spiro atoms. The van der Waals surface area contributed by atoms with Gasteiger partial charge >= 0.3 is 5.97 Å². The van der Waals surface area contributed by atoms with Gasteiger partial charge in [-0.3, -0.25) is 4.79 Å². The molecule has 0 bridgehead atoms. The minimum atomic E-state index is -0.105. The number of carbonyl (C=O) groups excluding carboxylic acids is 1. The van der Waals surface area contributed by atoms with Gasteiger partial charge in [-0.05, 0) is 42.5 Å². The van der Waals surface area contributed by atoms with E-state index in [0.29, 0.717) is 13.0 Å². The van der Waals surface area contributed by atoms with E-state index < -0.39 is 0 Å². The maximum absolute atomic E-state index is 11.6. The molecule has 98 valence electrons. The topological polar surface area (TPSA) is 38.3 Å². The van der Waals surface area contributed by atoms with Crippen LogP contribution in [0.3, 0.4) is 0 Å². The summed E-state index contributed by atoms with van der Waals surface area (Å²) in [6.45, 7) is 6.36. The Morgan fingerprint density at radius 1 is 1.50 bits per heavy atom. The van der Waals surface area contributed by atoms with Gasteiger partial charge in [0.15, 0.2) is 0 Å². The molecule has 0 saturated carbocycles. The van der Waals surface area contributed by atoms with Gasteiger partial charge in [-0.2, -0.15) is 0 Å². The van der Waals surface area contributed by atoms with Crippen molar-refractivity contribution in [3.05, 3.63) is 34.9 Å². The lowest BCUT2D eigenvalue weighted by molar-refractivity contribution is -0.143. The molecule has 0 aromatic heterocycles. The van der Waals surface area contributed by atoms with Gasteiger partial charge in [0.2, 0.25) is 0 Å². The predicted molar refractivity (Wildman–Crippen MR) is 71.5 cm³/mol. The van der Waals surface area contributed by atoms with E-state index in [0.717, 1.165) is 19.5 Å². The number of hydrogen-bond acceptors (Lipinski definition) is 3. The van der Waals surface area contributed by atoms with Gasteiger partial charge in [0.05, 0.1) is 13.0 Å². The molecule has 0 radical (unpaired) electrons. The van der Waals surface area contributed by atoms with Crippen molar-refractivity contribution in [3.63, 3.8) is 0 Å². The van der Waals surface area contributed by atoms with Crippen LogP contribution in [0.4, 0.5) is 0 Å². The fraction of sp³-hybridized carbons (Fsp3) is 0.533. The van der Waals surface area contributed by atoms with Crippen LogP contribution in [0, 0.1) is 0 Å². The summed E-state index contributed by atoms with van der Waals surface area (Å²) < 4.78 is 5.02. The first-order valence-electron chi connectivity index (χ1n) is 6.69. The van der Waals surface area contributed by atoms with Crippen LogP contribution in [0.5, 0.6) is 0 Å². The predicted octanol–water partition coefficient (Wildman–Crippen LogP) is 2.39. The maximum Gasteiger partial charge on any atom is 0.306 e. The van der Waals surface area contributed by atoms with Crippen molar-refractivity contribution in [2.75, 3.05) is 13.2 Å². The number of hydrogen-bond donors (Lipinski definition) is 1. The van der Waals surface area contributed by atoms with Crippen molar-refractivity contribution < 1.29 is 9.53 Å². The van der Waals surface area contributed by atoms with Crippen LogP contribution in [0.1, 0.15) is 42.9 Å². The van der Waals surface area contributed by atoms with Crippen molar-refractivity contribution in [1.82, 2.24) is 5.32 Å². The second-order valence-corrected chi connectivity index (χ2v) is 4.82. The van der Waals surface area contributed by atoms with Crippen LogP contribution in [0.2, 0.25) is 0 Å². The zero-order chi connectivity index (χ0) is 13.0. The van der Waals surface area contributed by atoms with Gasteiger partial charge in [0, 0.05) is 6.54 Å². The molecule has 0 fully saturated rings. The second-order valence-electron chi connectivity index (χ2n) is 4.82. The van der Waals surface area contributed by atoms with E-state index in [-0.39, 0.29) is 11.9 Å². The van der Waals surface area contributed by atoms with E-state index in [9.17, 15) is 4.79 Å². The van der Waals surface area contributed by atoms with Gasteiger partial charge in [-0.15, -0.1) is 0 Å². The van der Waals surface area contributed by atoms with Crippen molar-refractivity contribution in [2.45, 2.75) is 39.2 Å². The SMILES string of the molecule is CCOC(=O)CC(C)c1cccc2c1CNCC2. The number of nitrogens with one attached hydrogen (secondary N) is 1. The zero-order valence-electron chi connectivity index (χ0n) is 11.2. The van der Waals surface area contributed by atoms with E-state index in [1.54, 1.807) is 0 Å². The highest BCUT2D eigenvalue weighted by Gasteiger charge is 2.18. The first-order chi connectivity index (χ1) is 8.72. The summed E-state index contributed by atoms with van der Waals surface area (Å²) in [5.41, 5.74) is 4.08. The van der Waals surface area contributed by atoms with E-state index >= 15 is 0 Å². The fourth-order valence-corrected chi connectivity index (χ4v) is 2.58. The molecule has 1 unspecified atom stereocenters. The molecule has 1 aliphatic heterocycles. The summed E-state index contributed by atoms with van der Waals surface area (Å²) >= 11 is 0. The Hall–Kier alpha value is -1.35. The molecule has 1 aromatic rings. The molecule has 1 aromatic carbocycles. The van der Waals surface area contributed by atoms with Crippen molar-refractivity contribution in [3.8, 4) is 0 Å². The van der Waals surface area contributed by atoms with E-state index in [4.69, 9.17) is 4.74 Å². The monoisotopic (exact) mass is 247 g/mol. The zero-order valence-corrected chi connectivity index (χ0v) is 11.2. The minimum Gasteiger partial charge on any atom is -0.466 e. The first-order valence-corrected chi connectivity index (χ1v) is 6.69. The quantitative estimate of drug-likeness (QED) is 0.830. The van der Waals surface area contributed by atoms with Gasteiger partial charge in [0.1, 0.15) is 0 Å². The Balaban J connectivity index is 2.15. The molecule has 3 heteroatoms. The smallest absolute Gasteiger partial charge is 0.306 e. The number of benzene rings is 1. The van der Waals surface area contributed by atoms with E-state index in [2.05, 4.69) is 30.4 Å². The third-order valence-corrected chi connectivity index (χ3v) is 3.49. The largest absolute Gasteiger partial charge is 0.466 e. The normalized spacial score (nSPS) is 15.9. The molecular formula is C15H21NO2. The summed E-state index contributed by atoms with van der Waals surface area (Å²) in [6.07, 6.45) is 1.54. The molecule has 2 rings (SSSR count). The third-order valence-electron chi connectivity index (χ3n) is 3.49. The average Bonchev–Trinajstić information content (AvgIpc) is 2.38. The molecule has 1 atom stereocenters. The molecule has 0 amide bonds. The highest BCUT2D eigenvalue weighted by Crippen LogP contribution is 2.27. The molecule has 0 aliphatic carbocycles. The number of rotatable bonds is 4. The summed E-state index contributed by atoms with van der Waals surface area (Å²) in [5.74, 6) is 0.116. The molecule has 3 nitrogen and oxygen atoms in total. The number of ether oxygens (including phenoxy) is 1. The Morgan fingerprint density at radius 3 is 3.11 bits per heavy atom. The van der Waals surface area contributed by atoms with Gasteiger partial charge in [0.25, 0.3) is 0 Å². The van der Waals surface area contributed by atoms with Crippen LogP contribution in [0.15, 0.2) is 18.2 Å². The molecule has 1 heterocycles. The van der Waals surface area contributed by atoms with Crippen LogP contribution >= 0.6 is 0 Å². The summed E-state index contributed by atoms with van der Waals surface area (Å²) in [4.78, 5) is 11.6. The van der Waals surface area contributed by atoms with Gasteiger partial charge in [-0.25, -0.2) is 0 Å². The van der Waals surface area contributed by atoms with Crippen LogP contribution in [-0.2, 0) is 22.5 Å². The molecular weight excluding hydrogens is 226 g/mol. The third kappa shape index (κ3) is 2.91. The molecule has 18 heavy (non-hydrogen) atoms. The standard InChI is InChI=1S/C15H21NO2/c1-3-18-15(17)9-11(2)13-6-4-5-12-7-8-16-10-14(12)13/h4-6,11,16H,3,7-10H2,1-2H3.